The van der Waals surface area contributed by atoms with E-state index in [4.69, 9.17) is 4.74 Å². The Kier molecular flexibility index (Phi) is 5.54. The van der Waals surface area contributed by atoms with Gasteiger partial charge < -0.3 is 4.74 Å². The maximum absolute atomic E-state index is 13.6. The molecule has 2 aromatic rings. The molecule has 2 rings (SSSR count). The largest absolute Gasteiger partial charge is 0.490 e. The van der Waals surface area contributed by atoms with E-state index < -0.39 is 11.6 Å². The SMILES string of the molecule is Fc1cc(Br)cc(OCC(CBr)c2ccccc2)c1F. The van der Waals surface area contributed by atoms with Crippen molar-refractivity contribution in [1.82, 2.24) is 0 Å². The third kappa shape index (κ3) is 3.79. The molecule has 0 spiro atoms. The molecule has 0 amide bonds. The van der Waals surface area contributed by atoms with E-state index in [0.717, 1.165) is 11.6 Å². The van der Waals surface area contributed by atoms with E-state index in [2.05, 4.69) is 31.9 Å². The number of benzene rings is 2. The second-order valence-electron chi connectivity index (χ2n) is 4.27. The molecule has 1 unspecified atom stereocenters. The lowest BCUT2D eigenvalue weighted by Crippen LogP contribution is -2.12. The minimum Gasteiger partial charge on any atom is -0.490 e. The molecule has 0 saturated carbocycles. The minimum absolute atomic E-state index is 0.0673. The Morgan fingerprint density at radius 3 is 2.45 bits per heavy atom. The van der Waals surface area contributed by atoms with Crippen molar-refractivity contribution in [2.75, 3.05) is 11.9 Å². The number of hydrogen-bond acceptors (Lipinski definition) is 1. The minimum atomic E-state index is -0.963. The van der Waals surface area contributed by atoms with E-state index in [1.807, 2.05) is 30.3 Å². The molecule has 5 heteroatoms. The van der Waals surface area contributed by atoms with Crippen molar-refractivity contribution in [2.24, 2.45) is 0 Å². The molecule has 20 heavy (non-hydrogen) atoms. The van der Waals surface area contributed by atoms with Gasteiger partial charge in [-0.25, -0.2) is 4.39 Å². The number of rotatable bonds is 5. The first-order valence-corrected chi connectivity index (χ1v) is 7.91. The van der Waals surface area contributed by atoms with Crippen LogP contribution in [0.3, 0.4) is 0 Å². The lowest BCUT2D eigenvalue weighted by Gasteiger charge is -2.16. The molecule has 0 bridgehead atoms. The average Bonchev–Trinajstić information content (AvgIpc) is 2.45. The van der Waals surface area contributed by atoms with Crippen molar-refractivity contribution < 1.29 is 13.5 Å². The number of hydrogen-bond donors (Lipinski definition) is 0. The highest BCUT2D eigenvalue weighted by atomic mass is 79.9. The maximum Gasteiger partial charge on any atom is 0.200 e. The fourth-order valence-corrected chi connectivity index (χ4v) is 2.75. The monoisotopic (exact) mass is 404 g/mol. The van der Waals surface area contributed by atoms with Gasteiger partial charge in [0.1, 0.15) is 0 Å². The molecule has 0 aromatic heterocycles. The third-order valence-electron chi connectivity index (χ3n) is 2.86. The van der Waals surface area contributed by atoms with Crippen molar-refractivity contribution in [3.8, 4) is 5.75 Å². The first-order chi connectivity index (χ1) is 9.61. The first kappa shape index (κ1) is 15.4. The summed E-state index contributed by atoms with van der Waals surface area (Å²) >= 11 is 6.54. The highest BCUT2D eigenvalue weighted by Crippen LogP contribution is 2.27. The quantitative estimate of drug-likeness (QED) is 0.485. The molecule has 1 atom stereocenters. The second kappa shape index (κ2) is 7.18. The number of halogens is 4. The fourth-order valence-electron chi connectivity index (χ4n) is 1.78. The number of alkyl halides is 1. The molecule has 0 radical (unpaired) electrons. The van der Waals surface area contributed by atoms with Gasteiger partial charge in [-0.3, -0.25) is 0 Å². The Morgan fingerprint density at radius 2 is 1.80 bits per heavy atom. The van der Waals surface area contributed by atoms with Crippen LogP contribution in [-0.2, 0) is 0 Å². The Hall–Kier alpha value is -0.940. The van der Waals surface area contributed by atoms with Crippen LogP contribution in [0.25, 0.3) is 0 Å². The summed E-state index contributed by atoms with van der Waals surface area (Å²) in [7, 11) is 0. The van der Waals surface area contributed by atoms with E-state index in [9.17, 15) is 8.78 Å². The predicted octanol–water partition coefficient (Wildman–Crippen LogP) is 5.28. The summed E-state index contributed by atoms with van der Waals surface area (Å²) in [6.07, 6.45) is 0. The zero-order valence-electron chi connectivity index (χ0n) is 10.5. The summed E-state index contributed by atoms with van der Waals surface area (Å²) in [5.41, 5.74) is 1.08. The van der Waals surface area contributed by atoms with Gasteiger partial charge >= 0.3 is 0 Å². The Balaban J connectivity index is 2.11. The average molecular weight is 406 g/mol. The molecule has 0 N–H and O–H groups in total. The normalized spacial score (nSPS) is 12.2. The van der Waals surface area contributed by atoms with E-state index >= 15 is 0 Å². The molecule has 0 aliphatic heterocycles. The van der Waals surface area contributed by atoms with Crippen molar-refractivity contribution in [3.05, 3.63) is 64.1 Å². The van der Waals surface area contributed by atoms with Gasteiger partial charge in [0.2, 0.25) is 5.82 Å². The van der Waals surface area contributed by atoms with Gasteiger partial charge in [0.25, 0.3) is 0 Å². The van der Waals surface area contributed by atoms with Crippen LogP contribution in [0.4, 0.5) is 8.78 Å². The highest BCUT2D eigenvalue weighted by molar-refractivity contribution is 9.10. The molecule has 0 aliphatic carbocycles. The van der Waals surface area contributed by atoms with Gasteiger partial charge in [-0.1, -0.05) is 62.2 Å². The molecular formula is C15H12Br2F2O. The van der Waals surface area contributed by atoms with Gasteiger partial charge in [0.15, 0.2) is 11.6 Å². The van der Waals surface area contributed by atoms with Crippen LogP contribution in [0, 0.1) is 11.6 Å². The third-order valence-corrected chi connectivity index (χ3v) is 4.10. The summed E-state index contributed by atoms with van der Waals surface area (Å²) in [6.45, 7) is 0.266. The first-order valence-electron chi connectivity index (χ1n) is 6.00. The van der Waals surface area contributed by atoms with Crippen molar-refractivity contribution in [1.29, 1.82) is 0 Å². The molecule has 0 heterocycles. The van der Waals surface area contributed by atoms with Crippen LogP contribution in [0.1, 0.15) is 11.5 Å². The van der Waals surface area contributed by atoms with Crippen LogP contribution >= 0.6 is 31.9 Å². The molecule has 2 aromatic carbocycles. The van der Waals surface area contributed by atoms with Crippen molar-refractivity contribution in [2.45, 2.75) is 5.92 Å². The van der Waals surface area contributed by atoms with E-state index in [1.54, 1.807) is 0 Å². The topological polar surface area (TPSA) is 9.23 Å². The smallest absolute Gasteiger partial charge is 0.200 e. The van der Waals surface area contributed by atoms with Crippen LogP contribution in [-0.4, -0.2) is 11.9 Å². The maximum atomic E-state index is 13.6. The standard InChI is InChI=1S/C15H12Br2F2O/c16-8-11(10-4-2-1-3-5-10)9-20-14-7-12(17)6-13(18)15(14)19/h1-7,11H,8-9H2. The van der Waals surface area contributed by atoms with Gasteiger partial charge in [-0.15, -0.1) is 0 Å². The molecule has 106 valence electrons. The molecule has 0 saturated heterocycles. The van der Waals surface area contributed by atoms with Crippen molar-refractivity contribution in [3.63, 3.8) is 0 Å². The summed E-state index contributed by atoms with van der Waals surface area (Å²) in [5.74, 6) is -1.91. The van der Waals surface area contributed by atoms with E-state index in [-0.39, 0.29) is 18.3 Å². The number of ether oxygens (including phenoxy) is 1. The lowest BCUT2D eigenvalue weighted by atomic mass is 10.0. The summed E-state index contributed by atoms with van der Waals surface area (Å²) in [5, 5.41) is 0.676. The Labute approximate surface area is 133 Å². The molecule has 1 nitrogen and oxygen atoms in total. The van der Waals surface area contributed by atoms with E-state index in [1.165, 1.54) is 6.07 Å². The van der Waals surface area contributed by atoms with Gasteiger partial charge in [-0.05, 0) is 17.7 Å². The van der Waals surface area contributed by atoms with Gasteiger partial charge in [0.05, 0.1) is 6.61 Å². The van der Waals surface area contributed by atoms with Crippen LogP contribution in [0.15, 0.2) is 46.9 Å². The molecule has 0 fully saturated rings. The predicted molar refractivity (Wildman–Crippen MR) is 82.5 cm³/mol. The van der Waals surface area contributed by atoms with E-state index in [0.29, 0.717) is 9.80 Å². The highest BCUT2D eigenvalue weighted by Gasteiger charge is 2.15. The zero-order valence-corrected chi connectivity index (χ0v) is 13.6. The summed E-state index contributed by atoms with van der Waals surface area (Å²) in [6, 6.07) is 12.3. The van der Waals surface area contributed by atoms with Crippen LogP contribution in [0.5, 0.6) is 5.75 Å². The second-order valence-corrected chi connectivity index (χ2v) is 5.84. The zero-order chi connectivity index (χ0) is 14.5. The summed E-state index contributed by atoms with van der Waals surface area (Å²) in [4.78, 5) is 0. The summed E-state index contributed by atoms with van der Waals surface area (Å²) < 4.78 is 32.8. The lowest BCUT2D eigenvalue weighted by molar-refractivity contribution is 0.279. The Bertz CT molecular complexity index is 576. The molecular weight excluding hydrogens is 394 g/mol. The Morgan fingerprint density at radius 1 is 1.10 bits per heavy atom. The van der Waals surface area contributed by atoms with Gasteiger partial charge in [0, 0.05) is 15.7 Å². The molecule has 0 aliphatic rings. The van der Waals surface area contributed by atoms with Gasteiger partial charge in [-0.2, -0.15) is 4.39 Å². The van der Waals surface area contributed by atoms with Crippen molar-refractivity contribution >= 4 is 31.9 Å². The fraction of sp³-hybridized carbons (Fsp3) is 0.200. The van der Waals surface area contributed by atoms with Crippen LogP contribution in [0.2, 0.25) is 0 Å². The van der Waals surface area contributed by atoms with Crippen LogP contribution < -0.4 is 4.74 Å².